The van der Waals surface area contributed by atoms with Gasteiger partial charge in [0.2, 0.25) is 0 Å². The van der Waals surface area contributed by atoms with Gasteiger partial charge in [0.1, 0.15) is 10.7 Å². The number of thioether (sulfide) groups is 2. The molecule has 0 radical (unpaired) electrons. The van der Waals surface area contributed by atoms with Crippen molar-refractivity contribution in [2.75, 3.05) is 5.75 Å². The second-order valence-corrected chi connectivity index (χ2v) is 11.8. The van der Waals surface area contributed by atoms with Crippen LogP contribution in [0.4, 0.5) is 0 Å². The molecule has 1 N–H and O–H groups in total. The lowest BCUT2D eigenvalue weighted by molar-refractivity contribution is 0.700. The van der Waals surface area contributed by atoms with E-state index in [-0.39, 0.29) is 5.56 Å². The summed E-state index contributed by atoms with van der Waals surface area (Å²) in [5.74, 6) is 2.14. The van der Waals surface area contributed by atoms with Crippen LogP contribution in [0.25, 0.3) is 22.0 Å². The van der Waals surface area contributed by atoms with Crippen LogP contribution >= 0.6 is 34.9 Å². The Kier molecular flexibility index (Phi) is 7.25. The first-order valence-corrected chi connectivity index (χ1v) is 15.1. The molecule has 186 valence electrons. The number of benzene rings is 2. The third kappa shape index (κ3) is 5.30. The van der Waals surface area contributed by atoms with Gasteiger partial charge >= 0.3 is 0 Å². The van der Waals surface area contributed by atoms with Gasteiger partial charge in [-0.1, -0.05) is 84.2 Å². The molecule has 0 atom stereocenters. The molecule has 6 rings (SSSR count). The first-order chi connectivity index (χ1) is 18.3. The molecule has 1 aliphatic rings. The summed E-state index contributed by atoms with van der Waals surface area (Å²) in [6.07, 6.45) is 8.63. The number of hydrogen-bond acceptors (Lipinski definition) is 7. The maximum absolute atomic E-state index is 12.9. The smallest absolute Gasteiger partial charge is 0.260 e. The number of thiophene rings is 1. The van der Waals surface area contributed by atoms with Crippen LogP contribution in [0.2, 0.25) is 0 Å². The molecular weight excluding hydrogens is 519 g/mol. The van der Waals surface area contributed by atoms with Crippen LogP contribution in [-0.2, 0) is 18.6 Å². The molecule has 37 heavy (non-hydrogen) atoms. The van der Waals surface area contributed by atoms with E-state index < -0.39 is 0 Å². The zero-order chi connectivity index (χ0) is 25.0. The second kappa shape index (κ2) is 11.1. The zero-order valence-corrected chi connectivity index (χ0v) is 22.5. The number of aromatic amines is 1. The standard InChI is InChI=1S/C28H25N5OS3/c34-25-24-21-15-7-8-16-22(21)37-26(24)30-27(29-25)36-18-23-31-32-28(33(23)20-13-5-2-6-14-20)35-17-9-12-19-10-3-1-4-11-19/h1-6,9-14H,7-8,15-18H2,(H,29,30,34)/b12-9+. The van der Waals surface area contributed by atoms with E-state index in [1.54, 1.807) is 23.1 Å². The van der Waals surface area contributed by atoms with Gasteiger partial charge in [-0.3, -0.25) is 9.36 Å². The van der Waals surface area contributed by atoms with E-state index in [1.807, 2.05) is 36.4 Å². The van der Waals surface area contributed by atoms with Crippen LogP contribution in [-0.4, -0.2) is 30.5 Å². The Hall–Kier alpha value is -3.14. The molecule has 0 bridgehead atoms. The average molecular weight is 544 g/mol. The normalized spacial score (nSPS) is 13.4. The quantitative estimate of drug-likeness (QED) is 0.177. The minimum absolute atomic E-state index is 0.0297. The van der Waals surface area contributed by atoms with Gasteiger partial charge in [0.25, 0.3) is 5.56 Å². The minimum atomic E-state index is -0.0297. The minimum Gasteiger partial charge on any atom is -0.301 e. The Labute approximate surface area is 227 Å². The van der Waals surface area contributed by atoms with Gasteiger partial charge in [0.05, 0.1) is 11.1 Å². The molecule has 9 heteroatoms. The highest BCUT2D eigenvalue weighted by atomic mass is 32.2. The van der Waals surface area contributed by atoms with E-state index >= 15 is 0 Å². The Morgan fingerprint density at radius 1 is 0.973 bits per heavy atom. The first kappa shape index (κ1) is 24.2. The van der Waals surface area contributed by atoms with Crippen LogP contribution in [0.15, 0.2) is 81.8 Å². The van der Waals surface area contributed by atoms with Gasteiger partial charge in [-0.15, -0.1) is 21.5 Å². The maximum Gasteiger partial charge on any atom is 0.260 e. The van der Waals surface area contributed by atoms with Crippen LogP contribution < -0.4 is 5.56 Å². The lowest BCUT2D eigenvalue weighted by atomic mass is 9.97. The summed E-state index contributed by atoms with van der Waals surface area (Å²) >= 11 is 4.81. The molecule has 0 saturated heterocycles. The highest BCUT2D eigenvalue weighted by Crippen LogP contribution is 2.34. The van der Waals surface area contributed by atoms with Crippen molar-refractivity contribution in [3.8, 4) is 5.69 Å². The average Bonchev–Trinajstić information content (AvgIpc) is 3.52. The van der Waals surface area contributed by atoms with Crippen molar-refractivity contribution in [1.29, 1.82) is 0 Å². The van der Waals surface area contributed by atoms with Crippen LogP contribution in [0.5, 0.6) is 0 Å². The highest BCUT2D eigenvalue weighted by molar-refractivity contribution is 7.99. The fourth-order valence-electron chi connectivity index (χ4n) is 4.54. The first-order valence-electron chi connectivity index (χ1n) is 12.3. The van der Waals surface area contributed by atoms with Gasteiger partial charge in [-0.25, -0.2) is 4.98 Å². The van der Waals surface area contributed by atoms with Crippen molar-refractivity contribution < 1.29 is 0 Å². The summed E-state index contributed by atoms with van der Waals surface area (Å²) < 4.78 is 2.09. The van der Waals surface area contributed by atoms with Gasteiger partial charge < -0.3 is 4.98 Å². The van der Waals surface area contributed by atoms with Crippen LogP contribution in [0, 0.1) is 0 Å². The van der Waals surface area contributed by atoms with E-state index in [2.05, 4.69) is 56.2 Å². The molecule has 0 fully saturated rings. The molecule has 3 heterocycles. The summed E-state index contributed by atoms with van der Waals surface area (Å²) in [4.78, 5) is 22.9. The fraction of sp³-hybridized carbons (Fsp3) is 0.214. The van der Waals surface area contributed by atoms with Crippen molar-refractivity contribution >= 4 is 51.2 Å². The van der Waals surface area contributed by atoms with Crippen molar-refractivity contribution in [2.45, 2.75) is 41.7 Å². The molecule has 1 aliphatic carbocycles. The summed E-state index contributed by atoms with van der Waals surface area (Å²) in [5.41, 5.74) is 3.37. The predicted molar refractivity (Wildman–Crippen MR) is 154 cm³/mol. The molecule has 3 aromatic heterocycles. The van der Waals surface area contributed by atoms with E-state index in [0.717, 1.165) is 51.9 Å². The summed E-state index contributed by atoms with van der Waals surface area (Å²) in [7, 11) is 0. The molecule has 0 unspecified atom stereocenters. The SMILES string of the molecule is O=c1[nH]c(SCc2nnc(SC/C=C/c3ccccc3)n2-c2ccccc2)nc2sc3c(c12)CCCC3. The number of para-hydroxylation sites is 1. The summed E-state index contributed by atoms with van der Waals surface area (Å²) in [5, 5.41) is 11.3. The number of nitrogens with zero attached hydrogens (tertiary/aromatic N) is 4. The lowest BCUT2D eigenvalue weighted by Gasteiger charge is -2.10. The molecule has 2 aromatic carbocycles. The van der Waals surface area contributed by atoms with E-state index in [1.165, 1.54) is 34.2 Å². The highest BCUT2D eigenvalue weighted by Gasteiger charge is 2.20. The van der Waals surface area contributed by atoms with Crippen molar-refractivity contribution in [2.24, 2.45) is 0 Å². The van der Waals surface area contributed by atoms with Gasteiger partial charge in [0.15, 0.2) is 10.3 Å². The summed E-state index contributed by atoms with van der Waals surface area (Å²) in [6.45, 7) is 0. The molecule has 6 nitrogen and oxygen atoms in total. The molecule has 5 aromatic rings. The van der Waals surface area contributed by atoms with Gasteiger partial charge in [-0.2, -0.15) is 0 Å². The number of hydrogen-bond donors (Lipinski definition) is 1. The van der Waals surface area contributed by atoms with E-state index in [9.17, 15) is 4.79 Å². The van der Waals surface area contributed by atoms with E-state index in [4.69, 9.17) is 4.98 Å². The zero-order valence-electron chi connectivity index (χ0n) is 20.1. The number of fused-ring (bicyclic) bond motifs is 3. The van der Waals surface area contributed by atoms with Crippen molar-refractivity contribution in [3.05, 3.63) is 98.9 Å². The molecule has 0 spiro atoms. The Bertz CT molecular complexity index is 1610. The van der Waals surface area contributed by atoms with Crippen LogP contribution in [0.1, 0.15) is 34.7 Å². The Morgan fingerprint density at radius 2 is 1.76 bits per heavy atom. The molecular formula is C28H25N5OS3. The third-order valence-corrected chi connectivity index (χ3v) is 9.21. The number of rotatable bonds is 8. The fourth-order valence-corrected chi connectivity index (χ4v) is 7.41. The van der Waals surface area contributed by atoms with Gasteiger partial charge in [-0.05, 0) is 48.9 Å². The van der Waals surface area contributed by atoms with E-state index in [0.29, 0.717) is 10.9 Å². The third-order valence-electron chi connectivity index (χ3n) is 6.27. The molecule has 0 aliphatic heterocycles. The maximum atomic E-state index is 12.9. The second-order valence-electron chi connectivity index (χ2n) is 8.74. The number of H-pyrrole nitrogens is 1. The van der Waals surface area contributed by atoms with Crippen LogP contribution in [0.3, 0.4) is 0 Å². The largest absolute Gasteiger partial charge is 0.301 e. The van der Waals surface area contributed by atoms with Gasteiger partial charge in [0, 0.05) is 16.3 Å². The summed E-state index contributed by atoms with van der Waals surface area (Å²) in [6, 6.07) is 20.4. The molecule has 0 saturated carbocycles. The Morgan fingerprint density at radius 3 is 2.59 bits per heavy atom. The van der Waals surface area contributed by atoms with Crippen molar-refractivity contribution in [1.82, 2.24) is 24.7 Å². The number of aromatic nitrogens is 5. The predicted octanol–water partition coefficient (Wildman–Crippen LogP) is 6.54. The number of aryl methyl sites for hydroxylation is 2. The molecule has 0 amide bonds. The number of nitrogens with one attached hydrogen (secondary N) is 1. The monoisotopic (exact) mass is 543 g/mol. The lowest BCUT2D eigenvalue weighted by Crippen LogP contribution is -2.11. The topological polar surface area (TPSA) is 76.5 Å². The Balaban J connectivity index is 1.23. The van der Waals surface area contributed by atoms with Crippen molar-refractivity contribution in [3.63, 3.8) is 0 Å².